The SMILES string of the molecule is CC(=O)O.CC(=O)O.CC(=O)O.CC(=O)O.CC(=O)O.CC(=O)O.CC(=O)O.CC(=O)O.CC(=O)O.CC(=O)O.CC(=O)O.CC(=O)O.CCCCCCC(CCCCC(CCCCCC)(CCCCCC)C(=O)OCC)C(CCCCCC)(CCCCCC)CCCCCC. The summed E-state index contributed by atoms with van der Waals surface area (Å²) in [5.74, 6) is -9.02. The molecule has 0 saturated carbocycles. The number of carbonyl (C=O) groups is 13. The van der Waals surface area contributed by atoms with Crippen LogP contribution < -0.4 is 0 Å². The number of hydrogen-bond acceptors (Lipinski definition) is 14. The van der Waals surface area contributed by atoms with Gasteiger partial charge in [0.1, 0.15) is 0 Å². The third-order valence-corrected chi connectivity index (χ3v) is 12.0. The minimum absolute atomic E-state index is 0.131. The fourth-order valence-electron chi connectivity index (χ4n) is 8.87. The highest BCUT2D eigenvalue weighted by atomic mass is 16.5. The first-order chi connectivity index (χ1) is 44.2. The van der Waals surface area contributed by atoms with Crippen LogP contribution in [-0.2, 0) is 67.1 Å². The van der Waals surface area contributed by atoms with Gasteiger partial charge in [0.05, 0.1) is 12.0 Å². The Labute approximate surface area is 577 Å². The molecule has 1 atom stereocenters. The van der Waals surface area contributed by atoms with Crippen LogP contribution >= 0.6 is 0 Å². The van der Waals surface area contributed by atoms with Gasteiger partial charge >= 0.3 is 5.97 Å². The van der Waals surface area contributed by atoms with E-state index in [-0.39, 0.29) is 11.4 Å². The maximum absolute atomic E-state index is 13.8. The van der Waals surface area contributed by atoms with Gasteiger partial charge in [-0.3, -0.25) is 62.3 Å². The number of unbranched alkanes of at least 4 members (excludes halogenated alkanes) is 19. The Kier molecular flexibility index (Phi) is 120. The summed E-state index contributed by atoms with van der Waals surface area (Å²) in [5, 5.41) is 89.0. The number of hydrogen-bond donors (Lipinski definition) is 12. The molecule has 0 aromatic heterocycles. The lowest BCUT2D eigenvalue weighted by Gasteiger charge is -2.43. The summed E-state index contributed by atoms with van der Waals surface area (Å²) in [7, 11) is 0. The number of carboxylic acid groups (broad SMARTS) is 12. The zero-order valence-corrected chi connectivity index (χ0v) is 62.9. The van der Waals surface area contributed by atoms with Crippen LogP contribution in [0.3, 0.4) is 0 Å². The second-order valence-electron chi connectivity index (χ2n) is 22.4. The Balaban J connectivity index is -0.000000103. The molecule has 0 radical (unpaired) electrons. The van der Waals surface area contributed by atoms with Crippen LogP contribution in [0.25, 0.3) is 0 Å². The van der Waals surface area contributed by atoms with E-state index >= 15 is 0 Å². The molecule has 0 fully saturated rings. The maximum Gasteiger partial charge on any atom is 0.312 e. The molecular formula is C70H140O26. The Morgan fingerprint density at radius 3 is 0.552 bits per heavy atom. The van der Waals surface area contributed by atoms with Crippen LogP contribution in [-0.4, -0.2) is 145 Å². The molecule has 576 valence electrons. The molecule has 0 aliphatic heterocycles. The topological polar surface area (TPSA) is 474 Å². The van der Waals surface area contributed by atoms with Gasteiger partial charge < -0.3 is 66.0 Å². The predicted octanol–water partition coefficient (Wildman–Crippen LogP) is 17.6. The molecule has 0 aliphatic rings. The minimum atomic E-state index is -0.833. The van der Waals surface area contributed by atoms with Crippen molar-refractivity contribution in [3.63, 3.8) is 0 Å². The molecule has 12 N–H and O–H groups in total. The van der Waals surface area contributed by atoms with E-state index in [2.05, 4.69) is 41.5 Å². The molecule has 0 aliphatic carbocycles. The summed E-state index contributed by atoms with van der Waals surface area (Å²) in [4.78, 5) is 122. The quantitative estimate of drug-likeness (QED) is 0.0202. The average molecular weight is 1400 g/mol. The third-order valence-electron chi connectivity index (χ3n) is 12.0. The van der Waals surface area contributed by atoms with Crippen molar-refractivity contribution in [1.82, 2.24) is 0 Å². The summed E-state index contributed by atoms with van der Waals surface area (Å²) < 4.78 is 5.88. The van der Waals surface area contributed by atoms with E-state index in [4.69, 9.17) is 124 Å². The van der Waals surface area contributed by atoms with E-state index in [0.29, 0.717) is 12.0 Å². The maximum atomic E-state index is 13.8. The lowest BCUT2D eigenvalue weighted by Crippen LogP contribution is -2.34. The molecule has 96 heavy (non-hydrogen) atoms. The van der Waals surface area contributed by atoms with Gasteiger partial charge in [-0.15, -0.1) is 0 Å². The lowest BCUT2D eigenvalue weighted by atomic mass is 9.62. The van der Waals surface area contributed by atoms with Crippen molar-refractivity contribution in [2.75, 3.05) is 6.61 Å². The van der Waals surface area contributed by atoms with Crippen LogP contribution in [0.2, 0.25) is 0 Å². The second-order valence-corrected chi connectivity index (χ2v) is 22.4. The first kappa shape index (κ1) is 119. The van der Waals surface area contributed by atoms with Crippen LogP contribution in [0, 0.1) is 16.7 Å². The Hall–Kier alpha value is -6.89. The van der Waals surface area contributed by atoms with Crippen molar-refractivity contribution in [2.45, 2.75) is 350 Å². The van der Waals surface area contributed by atoms with E-state index in [1.54, 1.807) is 0 Å². The molecule has 0 amide bonds. The fraction of sp³-hybridized carbons (Fsp3) is 0.814. The molecule has 0 aromatic carbocycles. The van der Waals surface area contributed by atoms with Gasteiger partial charge in [0.15, 0.2) is 0 Å². The monoisotopic (exact) mass is 1400 g/mol. The summed E-state index contributed by atoms with van der Waals surface area (Å²) in [6, 6.07) is 0. The molecule has 1 unspecified atom stereocenters. The normalized spacial score (nSPS) is 9.57. The predicted molar refractivity (Wildman–Crippen MR) is 376 cm³/mol. The van der Waals surface area contributed by atoms with Gasteiger partial charge in [0.2, 0.25) is 0 Å². The van der Waals surface area contributed by atoms with E-state index in [1.165, 1.54) is 199 Å². The molecule has 0 saturated heterocycles. The minimum Gasteiger partial charge on any atom is -0.481 e. The van der Waals surface area contributed by atoms with E-state index in [9.17, 15) is 4.79 Å². The number of esters is 1. The highest BCUT2D eigenvalue weighted by Gasteiger charge is 2.40. The van der Waals surface area contributed by atoms with E-state index < -0.39 is 71.6 Å². The summed E-state index contributed by atoms with van der Waals surface area (Å²) in [6.45, 7) is 29.5. The number of carbonyl (C=O) groups excluding carboxylic acids is 1. The van der Waals surface area contributed by atoms with Gasteiger partial charge in [-0.2, -0.15) is 0 Å². The number of ether oxygens (including phenoxy) is 1. The van der Waals surface area contributed by atoms with Crippen molar-refractivity contribution in [3.05, 3.63) is 0 Å². The smallest absolute Gasteiger partial charge is 0.312 e. The molecule has 0 rings (SSSR count). The molecule has 0 bridgehead atoms. The molecule has 0 spiro atoms. The van der Waals surface area contributed by atoms with Crippen LogP contribution in [0.1, 0.15) is 350 Å². The number of carboxylic acids is 12. The lowest BCUT2D eigenvalue weighted by molar-refractivity contribution is -0.157. The van der Waals surface area contributed by atoms with Gasteiger partial charge in [0.25, 0.3) is 71.6 Å². The summed E-state index contributed by atoms with van der Waals surface area (Å²) in [6.07, 6.45) is 45.0. The standard InChI is InChI=1S/C46H92O2.12C2H4O2/c1-8-15-21-27-35-43(45(37-29-22-16-9-2,38-30-23-17-10-3)39-31-24-18-11-4)36-28-34-42-46(44(47)48-14-7,40-32-25-19-12-5)41-33-26-20-13-6;12*1-2(3)4/h43H,8-42H2,1-7H3;12*1H3,(H,3,4). The summed E-state index contributed by atoms with van der Waals surface area (Å²) in [5.41, 5.74) is 0.269. The highest BCUT2D eigenvalue weighted by molar-refractivity contribution is 5.77. The van der Waals surface area contributed by atoms with Gasteiger partial charge in [0, 0.05) is 83.1 Å². The van der Waals surface area contributed by atoms with Crippen molar-refractivity contribution >= 4 is 77.6 Å². The van der Waals surface area contributed by atoms with Crippen LogP contribution in [0.15, 0.2) is 0 Å². The zero-order chi connectivity index (χ0) is 78.5. The molecular weight excluding hydrogens is 1260 g/mol. The van der Waals surface area contributed by atoms with E-state index in [0.717, 1.165) is 108 Å². The van der Waals surface area contributed by atoms with Gasteiger partial charge in [-0.1, -0.05) is 208 Å². The largest absolute Gasteiger partial charge is 0.481 e. The molecule has 0 heterocycles. The summed E-state index contributed by atoms with van der Waals surface area (Å²) >= 11 is 0. The van der Waals surface area contributed by atoms with Crippen LogP contribution in [0.5, 0.6) is 0 Å². The van der Waals surface area contributed by atoms with Crippen molar-refractivity contribution < 1.29 is 128 Å². The highest BCUT2D eigenvalue weighted by Crippen LogP contribution is 2.49. The molecule has 26 heteroatoms. The number of aliphatic carboxylic acids is 12. The van der Waals surface area contributed by atoms with Crippen LogP contribution in [0.4, 0.5) is 0 Å². The Bertz CT molecular complexity index is 1480. The molecule has 0 aromatic rings. The van der Waals surface area contributed by atoms with Gasteiger partial charge in [-0.25, -0.2) is 0 Å². The Morgan fingerprint density at radius 2 is 0.385 bits per heavy atom. The first-order valence-electron chi connectivity index (χ1n) is 33.8. The zero-order valence-electron chi connectivity index (χ0n) is 62.9. The number of rotatable bonds is 38. The molecule has 26 nitrogen and oxygen atoms in total. The second kappa shape index (κ2) is 96.8. The van der Waals surface area contributed by atoms with Gasteiger partial charge in [-0.05, 0) is 69.6 Å². The van der Waals surface area contributed by atoms with Crippen molar-refractivity contribution in [2.24, 2.45) is 16.7 Å². The van der Waals surface area contributed by atoms with E-state index in [1.807, 2.05) is 6.92 Å². The first-order valence-corrected chi connectivity index (χ1v) is 33.8. The third kappa shape index (κ3) is 198. The Morgan fingerprint density at radius 1 is 0.240 bits per heavy atom. The average Bonchev–Trinajstić information content (AvgIpc) is 0.845. The van der Waals surface area contributed by atoms with Crippen molar-refractivity contribution in [1.29, 1.82) is 0 Å². The van der Waals surface area contributed by atoms with Crippen molar-refractivity contribution in [3.8, 4) is 0 Å². The fourth-order valence-corrected chi connectivity index (χ4v) is 8.87.